The van der Waals surface area contributed by atoms with Crippen molar-refractivity contribution in [3.8, 4) is 0 Å². The van der Waals surface area contributed by atoms with Crippen LogP contribution in [0.3, 0.4) is 0 Å². The zero-order valence-electron chi connectivity index (χ0n) is 11.3. The molecule has 0 aliphatic heterocycles. The van der Waals surface area contributed by atoms with Crippen LogP contribution < -0.4 is 4.46 Å². The maximum absolute atomic E-state index is 3.27. The van der Waals surface area contributed by atoms with E-state index in [1.807, 2.05) is 0 Å². The standard InChI is InChI=1S/C15H24Se/c1-9(2)12-7-13(10(3)4)15(16)14(8-12)11(5)6/h7-11,16H,1-6H3/p-1. The summed E-state index contributed by atoms with van der Waals surface area (Å²) in [4.78, 5) is 0. The van der Waals surface area contributed by atoms with Crippen LogP contribution in [0, 0.1) is 0 Å². The molecule has 90 valence electrons. The van der Waals surface area contributed by atoms with Gasteiger partial charge in [-0.1, -0.05) is 0 Å². The maximum atomic E-state index is 3.27. The van der Waals surface area contributed by atoms with E-state index in [1.165, 1.54) is 21.2 Å². The summed E-state index contributed by atoms with van der Waals surface area (Å²) in [5.41, 5.74) is 4.40. The summed E-state index contributed by atoms with van der Waals surface area (Å²) in [5, 5.41) is 0. The molecule has 0 aromatic heterocycles. The fraction of sp³-hybridized carbons (Fsp3) is 0.600. The molecule has 1 rings (SSSR count). The molecule has 0 aliphatic rings. The third-order valence-corrected chi connectivity index (χ3v) is 4.07. The molecule has 1 aromatic carbocycles. The molecular weight excluding hydrogens is 259 g/mol. The second-order valence-corrected chi connectivity index (χ2v) is 6.35. The van der Waals surface area contributed by atoms with E-state index in [0.717, 1.165) is 0 Å². The number of hydrogen-bond donors (Lipinski definition) is 0. The summed E-state index contributed by atoms with van der Waals surface area (Å²) >= 11 is 3.27. The molecule has 0 saturated carbocycles. The van der Waals surface area contributed by atoms with Crippen LogP contribution in [0.4, 0.5) is 0 Å². The molecule has 0 saturated heterocycles. The minimum atomic E-state index is 0.590. The van der Waals surface area contributed by atoms with Gasteiger partial charge in [-0.05, 0) is 0 Å². The first kappa shape index (κ1) is 13.8. The third-order valence-electron chi connectivity index (χ3n) is 3.08. The van der Waals surface area contributed by atoms with Gasteiger partial charge in [0.05, 0.1) is 0 Å². The van der Waals surface area contributed by atoms with Crippen molar-refractivity contribution in [2.45, 2.75) is 59.3 Å². The average Bonchev–Trinajstić information content (AvgIpc) is 2.16. The van der Waals surface area contributed by atoms with E-state index in [-0.39, 0.29) is 0 Å². The summed E-state index contributed by atoms with van der Waals surface area (Å²) in [6.07, 6.45) is 0. The Hall–Kier alpha value is -0.261. The molecule has 0 spiro atoms. The molecule has 1 heteroatoms. The normalized spacial score (nSPS) is 11.8. The molecule has 0 fully saturated rings. The molecule has 0 aliphatic carbocycles. The zero-order valence-corrected chi connectivity index (χ0v) is 13.0. The Balaban J connectivity index is 3.39. The van der Waals surface area contributed by atoms with Crippen molar-refractivity contribution >= 4 is 20.5 Å². The van der Waals surface area contributed by atoms with Crippen LogP contribution in [0.15, 0.2) is 12.1 Å². The van der Waals surface area contributed by atoms with Crippen LogP contribution in [0.2, 0.25) is 0 Å². The van der Waals surface area contributed by atoms with Crippen LogP contribution in [0.1, 0.15) is 76.0 Å². The van der Waals surface area contributed by atoms with Gasteiger partial charge in [0.2, 0.25) is 0 Å². The quantitative estimate of drug-likeness (QED) is 0.739. The van der Waals surface area contributed by atoms with E-state index in [2.05, 4.69) is 69.7 Å². The summed E-state index contributed by atoms with van der Waals surface area (Å²) in [6, 6.07) is 4.74. The van der Waals surface area contributed by atoms with Gasteiger partial charge in [0, 0.05) is 0 Å². The third kappa shape index (κ3) is 2.90. The molecule has 0 radical (unpaired) electrons. The molecule has 0 heterocycles. The predicted octanol–water partition coefficient (Wildman–Crippen LogP) is 3.85. The van der Waals surface area contributed by atoms with Crippen molar-refractivity contribution in [1.29, 1.82) is 0 Å². The Labute approximate surface area is 109 Å². The van der Waals surface area contributed by atoms with Crippen LogP contribution in [0.5, 0.6) is 0 Å². The Morgan fingerprint density at radius 3 is 1.38 bits per heavy atom. The van der Waals surface area contributed by atoms with Crippen molar-refractivity contribution in [3.63, 3.8) is 0 Å². The second-order valence-electron chi connectivity index (χ2n) is 5.49. The first-order chi connectivity index (χ1) is 7.34. The fourth-order valence-corrected chi connectivity index (χ4v) is 3.13. The van der Waals surface area contributed by atoms with Crippen LogP contribution in [-0.2, 0) is 0 Å². The van der Waals surface area contributed by atoms with Crippen LogP contribution >= 0.6 is 0 Å². The minimum absolute atomic E-state index is 0.590. The van der Waals surface area contributed by atoms with E-state index < -0.39 is 0 Å². The number of rotatable bonds is 3. The van der Waals surface area contributed by atoms with Crippen molar-refractivity contribution in [1.82, 2.24) is 0 Å². The summed E-state index contributed by atoms with van der Waals surface area (Å²) in [5.74, 6) is 1.79. The van der Waals surface area contributed by atoms with Gasteiger partial charge >= 0.3 is 109 Å². The second kappa shape index (κ2) is 5.38. The molecule has 0 bridgehead atoms. The number of benzene rings is 1. The zero-order chi connectivity index (χ0) is 12.5. The molecule has 0 N–H and O–H groups in total. The van der Waals surface area contributed by atoms with Gasteiger partial charge < -0.3 is 0 Å². The van der Waals surface area contributed by atoms with E-state index in [9.17, 15) is 0 Å². The Bertz CT molecular complexity index is 333. The van der Waals surface area contributed by atoms with E-state index in [4.69, 9.17) is 0 Å². The summed E-state index contributed by atoms with van der Waals surface area (Å²) in [6.45, 7) is 13.6. The van der Waals surface area contributed by atoms with Gasteiger partial charge in [-0.15, -0.1) is 0 Å². The van der Waals surface area contributed by atoms with Gasteiger partial charge in [0.15, 0.2) is 0 Å². The summed E-state index contributed by atoms with van der Waals surface area (Å²) in [7, 11) is 0. The fourth-order valence-electron chi connectivity index (χ4n) is 1.89. The molecular formula is C15H23Se-. The van der Waals surface area contributed by atoms with E-state index in [1.54, 1.807) is 0 Å². The van der Waals surface area contributed by atoms with Gasteiger partial charge in [-0.25, -0.2) is 0 Å². The Morgan fingerprint density at radius 1 is 0.750 bits per heavy atom. The predicted molar refractivity (Wildman–Crippen MR) is 74.1 cm³/mol. The average molecular weight is 282 g/mol. The molecule has 16 heavy (non-hydrogen) atoms. The van der Waals surface area contributed by atoms with E-state index >= 15 is 0 Å². The first-order valence-corrected chi connectivity index (χ1v) is 7.05. The van der Waals surface area contributed by atoms with Crippen molar-refractivity contribution in [2.75, 3.05) is 0 Å². The first-order valence-electron chi connectivity index (χ1n) is 6.19. The van der Waals surface area contributed by atoms with Gasteiger partial charge in [0.1, 0.15) is 0 Å². The van der Waals surface area contributed by atoms with Crippen LogP contribution in [-0.4, -0.2) is 16.0 Å². The molecule has 0 atom stereocenters. The topological polar surface area (TPSA) is 0 Å². The molecule has 0 unspecified atom stereocenters. The summed E-state index contributed by atoms with van der Waals surface area (Å²) < 4.78 is 1.37. The van der Waals surface area contributed by atoms with E-state index in [0.29, 0.717) is 17.8 Å². The molecule has 1 aromatic rings. The van der Waals surface area contributed by atoms with Crippen molar-refractivity contribution in [2.24, 2.45) is 0 Å². The van der Waals surface area contributed by atoms with Gasteiger partial charge in [-0.2, -0.15) is 0 Å². The van der Waals surface area contributed by atoms with Crippen LogP contribution in [0.25, 0.3) is 0 Å². The monoisotopic (exact) mass is 283 g/mol. The van der Waals surface area contributed by atoms with Gasteiger partial charge in [0.25, 0.3) is 0 Å². The Morgan fingerprint density at radius 2 is 1.12 bits per heavy atom. The van der Waals surface area contributed by atoms with Crippen molar-refractivity contribution < 1.29 is 0 Å². The Kier molecular flexibility index (Phi) is 4.64. The molecule has 0 amide bonds. The van der Waals surface area contributed by atoms with Gasteiger partial charge in [-0.3, -0.25) is 0 Å². The number of hydrogen-bond acceptors (Lipinski definition) is 0. The molecule has 0 nitrogen and oxygen atoms in total. The van der Waals surface area contributed by atoms with Crippen molar-refractivity contribution in [3.05, 3.63) is 28.8 Å². The SMILES string of the molecule is CC(C)c1cc(C(C)C)c([Se-])c(C(C)C)c1.